The molecular formula is C10H20N2. The third-order valence-corrected chi connectivity index (χ3v) is 3.14. The monoisotopic (exact) mass is 168 g/mol. The van der Waals surface area contributed by atoms with Crippen molar-refractivity contribution in [3.63, 3.8) is 0 Å². The molecule has 2 nitrogen and oxygen atoms in total. The lowest BCUT2D eigenvalue weighted by molar-refractivity contribution is 0.103. The number of piperazine rings is 1. The summed E-state index contributed by atoms with van der Waals surface area (Å²) in [6.07, 6.45) is 2.92. The highest BCUT2D eigenvalue weighted by Crippen LogP contribution is 2.27. The van der Waals surface area contributed by atoms with Gasteiger partial charge >= 0.3 is 0 Å². The first-order valence-electron chi connectivity index (χ1n) is 5.25. The molecule has 2 heteroatoms. The molecule has 0 spiro atoms. The molecule has 1 saturated heterocycles. The zero-order valence-corrected chi connectivity index (χ0v) is 8.29. The molecular weight excluding hydrogens is 148 g/mol. The maximum absolute atomic E-state index is 2.67. The van der Waals surface area contributed by atoms with Gasteiger partial charge in [-0.3, -0.25) is 9.80 Å². The first kappa shape index (κ1) is 8.52. The predicted molar refractivity (Wildman–Crippen MR) is 51.3 cm³/mol. The summed E-state index contributed by atoms with van der Waals surface area (Å²) in [5, 5.41) is 0. The Morgan fingerprint density at radius 2 is 1.58 bits per heavy atom. The van der Waals surface area contributed by atoms with Crippen molar-refractivity contribution in [2.45, 2.75) is 38.8 Å². The molecule has 2 rings (SSSR count). The molecule has 2 aliphatic rings. The van der Waals surface area contributed by atoms with E-state index >= 15 is 0 Å². The van der Waals surface area contributed by atoms with Crippen LogP contribution in [-0.4, -0.2) is 48.1 Å². The van der Waals surface area contributed by atoms with Crippen LogP contribution in [0.1, 0.15) is 26.7 Å². The van der Waals surface area contributed by atoms with Crippen LogP contribution in [0, 0.1) is 0 Å². The quantitative estimate of drug-likeness (QED) is 0.611. The van der Waals surface area contributed by atoms with E-state index in [0.717, 1.165) is 12.1 Å². The van der Waals surface area contributed by atoms with Gasteiger partial charge in [0.15, 0.2) is 0 Å². The van der Waals surface area contributed by atoms with Crippen molar-refractivity contribution in [1.82, 2.24) is 9.80 Å². The average Bonchev–Trinajstić information content (AvgIpc) is 2.87. The Hall–Kier alpha value is -0.0800. The minimum Gasteiger partial charge on any atom is -0.298 e. The van der Waals surface area contributed by atoms with Gasteiger partial charge in [-0.15, -0.1) is 0 Å². The maximum atomic E-state index is 2.67. The molecule has 0 aromatic carbocycles. The molecule has 0 amide bonds. The highest BCUT2D eigenvalue weighted by molar-refractivity contribution is 4.87. The second kappa shape index (κ2) is 3.35. The number of hydrogen-bond acceptors (Lipinski definition) is 2. The maximum Gasteiger partial charge on any atom is 0.0113 e. The van der Waals surface area contributed by atoms with Crippen LogP contribution in [0.3, 0.4) is 0 Å². The molecule has 1 aliphatic carbocycles. The van der Waals surface area contributed by atoms with Crippen LogP contribution >= 0.6 is 0 Å². The molecule has 2 fully saturated rings. The summed E-state index contributed by atoms with van der Waals surface area (Å²) in [7, 11) is 0. The Labute approximate surface area is 75.5 Å². The number of nitrogens with zero attached hydrogens (tertiary/aromatic N) is 2. The van der Waals surface area contributed by atoms with Crippen molar-refractivity contribution in [3.8, 4) is 0 Å². The van der Waals surface area contributed by atoms with Crippen molar-refractivity contribution < 1.29 is 0 Å². The van der Waals surface area contributed by atoms with Gasteiger partial charge in [0.05, 0.1) is 0 Å². The van der Waals surface area contributed by atoms with Crippen molar-refractivity contribution in [2.24, 2.45) is 0 Å². The van der Waals surface area contributed by atoms with Crippen molar-refractivity contribution in [1.29, 1.82) is 0 Å². The lowest BCUT2D eigenvalue weighted by Crippen LogP contribution is -2.49. The third-order valence-electron chi connectivity index (χ3n) is 3.14. The van der Waals surface area contributed by atoms with E-state index in [-0.39, 0.29) is 0 Å². The van der Waals surface area contributed by atoms with E-state index in [2.05, 4.69) is 23.6 Å². The zero-order valence-electron chi connectivity index (χ0n) is 8.29. The summed E-state index contributed by atoms with van der Waals surface area (Å²) in [4.78, 5) is 5.25. The summed E-state index contributed by atoms with van der Waals surface area (Å²) in [5.74, 6) is 0. The Bertz CT molecular complexity index is 134. The van der Waals surface area contributed by atoms with Crippen molar-refractivity contribution >= 4 is 0 Å². The van der Waals surface area contributed by atoms with Crippen LogP contribution in [0.4, 0.5) is 0 Å². The fraction of sp³-hybridized carbons (Fsp3) is 1.00. The second-order valence-corrected chi connectivity index (χ2v) is 4.40. The average molecular weight is 168 g/mol. The third kappa shape index (κ3) is 1.80. The Kier molecular flexibility index (Phi) is 2.37. The second-order valence-electron chi connectivity index (χ2n) is 4.40. The molecule has 0 atom stereocenters. The first-order valence-corrected chi connectivity index (χ1v) is 5.25. The molecule has 1 aliphatic heterocycles. The van der Waals surface area contributed by atoms with Gasteiger partial charge in [0.25, 0.3) is 0 Å². The fourth-order valence-electron chi connectivity index (χ4n) is 2.06. The van der Waals surface area contributed by atoms with E-state index in [0.29, 0.717) is 0 Å². The van der Waals surface area contributed by atoms with Gasteiger partial charge in [0, 0.05) is 38.3 Å². The van der Waals surface area contributed by atoms with Gasteiger partial charge in [-0.2, -0.15) is 0 Å². The molecule has 70 valence electrons. The standard InChI is InChI=1S/C10H20N2/c1-9(2)11-5-7-12(8-6-11)10-3-4-10/h9-10H,3-8H2,1-2H3. The van der Waals surface area contributed by atoms with Crippen LogP contribution in [-0.2, 0) is 0 Å². The molecule has 1 saturated carbocycles. The van der Waals surface area contributed by atoms with Crippen LogP contribution in [0.25, 0.3) is 0 Å². The summed E-state index contributed by atoms with van der Waals surface area (Å²) >= 11 is 0. The van der Waals surface area contributed by atoms with E-state index in [1.165, 1.54) is 39.0 Å². The predicted octanol–water partition coefficient (Wildman–Crippen LogP) is 1.17. The fourth-order valence-corrected chi connectivity index (χ4v) is 2.06. The largest absolute Gasteiger partial charge is 0.298 e. The SMILES string of the molecule is CC(C)N1CCN(C2CC2)CC1. The number of rotatable bonds is 2. The van der Waals surface area contributed by atoms with Gasteiger partial charge < -0.3 is 0 Å². The summed E-state index contributed by atoms with van der Waals surface area (Å²) in [6.45, 7) is 9.79. The van der Waals surface area contributed by atoms with Crippen molar-refractivity contribution in [2.75, 3.05) is 26.2 Å². The van der Waals surface area contributed by atoms with Gasteiger partial charge in [0.1, 0.15) is 0 Å². The normalized spacial score (nSPS) is 28.2. The van der Waals surface area contributed by atoms with Gasteiger partial charge in [-0.1, -0.05) is 0 Å². The molecule has 0 aromatic rings. The Morgan fingerprint density at radius 1 is 1.00 bits per heavy atom. The number of hydrogen-bond donors (Lipinski definition) is 0. The minimum atomic E-state index is 0.742. The van der Waals surface area contributed by atoms with E-state index in [1.54, 1.807) is 0 Å². The first-order chi connectivity index (χ1) is 5.77. The van der Waals surface area contributed by atoms with Crippen molar-refractivity contribution in [3.05, 3.63) is 0 Å². The van der Waals surface area contributed by atoms with E-state index < -0.39 is 0 Å². The Balaban J connectivity index is 1.76. The lowest BCUT2D eigenvalue weighted by Gasteiger charge is -2.37. The molecule has 0 N–H and O–H groups in total. The summed E-state index contributed by atoms with van der Waals surface area (Å²) in [6, 6.07) is 1.71. The molecule has 0 bridgehead atoms. The van der Waals surface area contributed by atoms with Crippen LogP contribution in [0.2, 0.25) is 0 Å². The van der Waals surface area contributed by atoms with Crippen LogP contribution < -0.4 is 0 Å². The van der Waals surface area contributed by atoms with Gasteiger partial charge in [-0.25, -0.2) is 0 Å². The highest BCUT2D eigenvalue weighted by atomic mass is 15.3. The topological polar surface area (TPSA) is 6.48 Å². The summed E-state index contributed by atoms with van der Waals surface area (Å²) in [5.41, 5.74) is 0. The highest BCUT2D eigenvalue weighted by Gasteiger charge is 2.31. The Morgan fingerprint density at radius 3 is 2.00 bits per heavy atom. The molecule has 0 radical (unpaired) electrons. The molecule has 12 heavy (non-hydrogen) atoms. The molecule has 0 unspecified atom stereocenters. The van der Waals surface area contributed by atoms with E-state index in [9.17, 15) is 0 Å². The molecule has 0 aromatic heterocycles. The van der Waals surface area contributed by atoms with Crippen LogP contribution in [0.5, 0.6) is 0 Å². The van der Waals surface area contributed by atoms with E-state index in [4.69, 9.17) is 0 Å². The van der Waals surface area contributed by atoms with Crippen LogP contribution in [0.15, 0.2) is 0 Å². The van der Waals surface area contributed by atoms with E-state index in [1.807, 2.05) is 0 Å². The molecule has 1 heterocycles. The zero-order chi connectivity index (χ0) is 8.55. The summed E-state index contributed by atoms with van der Waals surface area (Å²) < 4.78 is 0. The van der Waals surface area contributed by atoms with Gasteiger partial charge in [-0.05, 0) is 26.7 Å². The lowest BCUT2D eigenvalue weighted by atomic mass is 10.2. The van der Waals surface area contributed by atoms with Gasteiger partial charge in [0.2, 0.25) is 0 Å². The minimum absolute atomic E-state index is 0.742. The smallest absolute Gasteiger partial charge is 0.0113 e.